The maximum Gasteiger partial charge on any atom is 0.0223 e. The molecular weight excluding hydrogens is 230 g/mol. The van der Waals surface area contributed by atoms with Crippen LogP contribution < -0.4 is 0 Å². The number of halogens is 1. The van der Waals surface area contributed by atoms with Crippen molar-refractivity contribution in [2.45, 2.75) is 51.4 Å². The molecule has 0 aromatic rings. The molecule has 2 fully saturated rings. The molecular formula is C15H28ClN. The molecule has 2 saturated carbocycles. The molecule has 3 atom stereocenters. The van der Waals surface area contributed by atoms with E-state index in [0.717, 1.165) is 23.6 Å². The Hall–Kier alpha value is 0.250. The third-order valence-electron chi connectivity index (χ3n) is 4.85. The van der Waals surface area contributed by atoms with Crippen LogP contribution in [0.25, 0.3) is 0 Å². The second kappa shape index (κ2) is 6.99. The first-order valence-corrected chi connectivity index (χ1v) is 8.07. The molecule has 0 spiro atoms. The van der Waals surface area contributed by atoms with Gasteiger partial charge in [-0.2, -0.15) is 0 Å². The fourth-order valence-electron chi connectivity index (χ4n) is 3.92. The molecule has 3 unspecified atom stereocenters. The summed E-state index contributed by atoms with van der Waals surface area (Å²) in [5, 5.41) is 0. The molecule has 0 radical (unpaired) electrons. The number of hydrogen-bond donors (Lipinski definition) is 0. The van der Waals surface area contributed by atoms with Gasteiger partial charge < -0.3 is 4.90 Å². The summed E-state index contributed by atoms with van der Waals surface area (Å²) in [6, 6.07) is 0. The van der Waals surface area contributed by atoms with E-state index in [-0.39, 0.29) is 0 Å². The van der Waals surface area contributed by atoms with Gasteiger partial charge in [0.2, 0.25) is 0 Å². The van der Waals surface area contributed by atoms with Gasteiger partial charge in [0, 0.05) is 12.4 Å². The van der Waals surface area contributed by atoms with Gasteiger partial charge in [0.25, 0.3) is 0 Å². The van der Waals surface area contributed by atoms with Gasteiger partial charge in [-0.15, -0.1) is 11.6 Å². The highest BCUT2D eigenvalue weighted by Crippen LogP contribution is 2.48. The summed E-state index contributed by atoms with van der Waals surface area (Å²) in [5.74, 6) is 4.04. The van der Waals surface area contributed by atoms with Gasteiger partial charge >= 0.3 is 0 Å². The normalized spacial score (nSPS) is 31.6. The molecule has 2 rings (SSSR count). The van der Waals surface area contributed by atoms with E-state index in [1.54, 1.807) is 6.42 Å². The zero-order valence-electron chi connectivity index (χ0n) is 11.3. The van der Waals surface area contributed by atoms with Gasteiger partial charge in [0.15, 0.2) is 0 Å². The molecule has 0 aliphatic heterocycles. The highest BCUT2D eigenvalue weighted by molar-refractivity contribution is 6.17. The number of rotatable bonds is 8. The molecule has 0 saturated heterocycles. The van der Waals surface area contributed by atoms with E-state index in [1.165, 1.54) is 58.0 Å². The van der Waals surface area contributed by atoms with Crippen LogP contribution >= 0.6 is 11.6 Å². The number of nitrogens with zero attached hydrogens (tertiary/aromatic N) is 1. The van der Waals surface area contributed by atoms with Crippen molar-refractivity contribution in [1.82, 2.24) is 4.90 Å². The molecule has 100 valence electrons. The van der Waals surface area contributed by atoms with Gasteiger partial charge in [0.1, 0.15) is 0 Å². The van der Waals surface area contributed by atoms with E-state index in [2.05, 4.69) is 11.9 Å². The van der Waals surface area contributed by atoms with Gasteiger partial charge in [-0.3, -0.25) is 0 Å². The van der Waals surface area contributed by atoms with E-state index in [1.807, 2.05) is 0 Å². The van der Waals surface area contributed by atoms with Crippen LogP contribution in [0.3, 0.4) is 0 Å². The Morgan fingerprint density at radius 3 is 2.53 bits per heavy atom. The molecule has 0 aromatic carbocycles. The molecule has 0 N–H and O–H groups in total. The molecule has 2 aliphatic rings. The van der Waals surface area contributed by atoms with Crippen molar-refractivity contribution in [3.8, 4) is 0 Å². The molecule has 2 heteroatoms. The van der Waals surface area contributed by atoms with E-state index < -0.39 is 0 Å². The van der Waals surface area contributed by atoms with Gasteiger partial charge in [-0.1, -0.05) is 19.3 Å². The van der Waals surface area contributed by atoms with E-state index >= 15 is 0 Å². The number of fused-ring (bicyclic) bond motifs is 2. The average Bonchev–Trinajstić information content (AvgIpc) is 2.90. The van der Waals surface area contributed by atoms with E-state index in [4.69, 9.17) is 11.6 Å². The highest BCUT2D eigenvalue weighted by Gasteiger charge is 2.39. The predicted molar refractivity (Wildman–Crippen MR) is 75.6 cm³/mol. The summed E-state index contributed by atoms with van der Waals surface area (Å²) in [5.41, 5.74) is 0. The molecule has 17 heavy (non-hydrogen) atoms. The lowest BCUT2D eigenvalue weighted by atomic mass is 9.88. The Morgan fingerprint density at radius 1 is 1.06 bits per heavy atom. The quantitative estimate of drug-likeness (QED) is 0.466. The Balaban J connectivity index is 1.53. The molecule has 2 bridgehead atoms. The van der Waals surface area contributed by atoms with Crippen LogP contribution in [-0.2, 0) is 0 Å². The monoisotopic (exact) mass is 257 g/mol. The van der Waals surface area contributed by atoms with Crippen LogP contribution in [0.15, 0.2) is 0 Å². The maximum atomic E-state index is 5.68. The topological polar surface area (TPSA) is 3.24 Å². The Labute approximate surface area is 112 Å². The molecule has 2 aliphatic carbocycles. The van der Waals surface area contributed by atoms with Crippen molar-refractivity contribution in [2.75, 3.05) is 26.0 Å². The molecule has 0 amide bonds. The van der Waals surface area contributed by atoms with Crippen molar-refractivity contribution < 1.29 is 0 Å². The van der Waals surface area contributed by atoms with Gasteiger partial charge in [-0.25, -0.2) is 0 Å². The fraction of sp³-hybridized carbons (Fsp3) is 1.00. The van der Waals surface area contributed by atoms with Crippen molar-refractivity contribution in [2.24, 2.45) is 17.8 Å². The molecule has 0 heterocycles. The lowest BCUT2D eigenvalue weighted by molar-refractivity contribution is 0.217. The maximum absolute atomic E-state index is 5.68. The van der Waals surface area contributed by atoms with Crippen LogP contribution in [0.5, 0.6) is 0 Å². The predicted octanol–water partition coefficient (Wildman–Crippen LogP) is 4.15. The smallest absolute Gasteiger partial charge is 0.0223 e. The SMILES string of the molecule is CN(CCCCCCCl)CC1CC2CCC1C2. The average molecular weight is 258 g/mol. The second-order valence-corrected chi connectivity index (χ2v) is 6.68. The zero-order valence-corrected chi connectivity index (χ0v) is 12.1. The minimum absolute atomic E-state index is 0.834. The largest absolute Gasteiger partial charge is 0.306 e. The first-order valence-electron chi connectivity index (χ1n) is 7.54. The molecule has 1 nitrogen and oxygen atoms in total. The summed E-state index contributed by atoms with van der Waals surface area (Å²) in [6.07, 6.45) is 11.3. The second-order valence-electron chi connectivity index (χ2n) is 6.30. The molecule has 0 aromatic heterocycles. The first kappa shape index (κ1) is 13.7. The van der Waals surface area contributed by atoms with Gasteiger partial charge in [0.05, 0.1) is 0 Å². The Bertz CT molecular complexity index is 219. The third kappa shape index (κ3) is 4.13. The van der Waals surface area contributed by atoms with Crippen molar-refractivity contribution >= 4 is 11.6 Å². The first-order chi connectivity index (χ1) is 8.29. The van der Waals surface area contributed by atoms with Crippen LogP contribution in [0.2, 0.25) is 0 Å². The number of alkyl halides is 1. The lowest BCUT2D eigenvalue weighted by Gasteiger charge is -2.27. The fourth-order valence-corrected chi connectivity index (χ4v) is 4.11. The summed E-state index contributed by atoms with van der Waals surface area (Å²) in [6.45, 7) is 2.65. The summed E-state index contributed by atoms with van der Waals surface area (Å²) >= 11 is 5.68. The van der Waals surface area contributed by atoms with Crippen LogP contribution in [0.4, 0.5) is 0 Å². The van der Waals surface area contributed by atoms with Crippen LogP contribution in [0, 0.1) is 17.8 Å². The zero-order chi connectivity index (χ0) is 12.1. The van der Waals surface area contributed by atoms with Crippen molar-refractivity contribution in [3.63, 3.8) is 0 Å². The summed E-state index contributed by atoms with van der Waals surface area (Å²) in [7, 11) is 2.31. The minimum Gasteiger partial charge on any atom is -0.306 e. The van der Waals surface area contributed by atoms with Gasteiger partial charge in [-0.05, 0) is 63.5 Å². The van der Waals surface area contributed by atoms with Crippen LogP contribution in [-0.4, -0.2) is 30.9 Å². The van der Waals surface area contributed by atoms with Crippen LogP contribution in [0.1, 0.15) is 51.4 Å². The van der Waals surface area contributed by atoms with E-state index in [0.29, 0.717) is 0 Å². The Kier molecular flexibility index (Phi) is 5.62. The minimum atomic E-state index is 0.834. The number of unbranched alkanes of at least 4 members (excludes halogenated alkanes) is 3. The highest BCUT2D eigenvalue weighted by atomic mass is 35.5. The summed E-state index contributed by atoms with van der Waals surface area (Å²) < 4.78 is 0. The standard InChI is InChI=1S/C15H28ClN/c1-17(9-5-3-2-4-8-16)12-15-11-13-6-7-14(15)10-13/h13-15H,2-12H2,1H3. The van der Waals surface area contributed by atoms with E-state index in [9.17, 15) is 0 Å². The van der Waals surface area contributed by atoms with Crippen molar-refractivity contribution in [3.05, 3.63) is 0 Å². The number of hydrogen-bond acceptors (Lipinski definition) is 1. The lowest BCUT2D eigenvalue weighted by Crippen LogP contribution is -2.29. The summed E-state index contributed by atoms with van der Waals surface area (Å²) in [4.78, 5) is 2.58. The third-order valence-corrected chi connectivity index (χ3v) is 5.12. The Morgan fingerprint density at radius 2 is 1.88 bits per heavy atom. The van der Waals surface area contributed by atoms with Crippen molar-refractivity contribution in [1.29, 1.82) is 0 Å².